The predicted molar refractivity (Wildman–Crippen MR) is 110 cm³/mol. The van der Waals surface area contributed by atoms with Crippen LogP contribution in [0, 0.1) is 0 Å². The molecular weight excluding hydrogens is 478 g/mol. The first-order valence-electron chi connectivity index (χ1n) is 8.83. The van der Waals surface area contributed by atoms with Gasteiger partial charge in [0.2, 0.25) is 0 Å². The largest absolute Gasteiger partial charge is 0.462 e. The molecule has 0 spiro atoms. The highest BCUT2D eigenvalue weighted by molar-refractivity contribution is 9.11. The smallest absolute Gasteiger partial charge is 0.342 e. The predicted octanol–water partition coefficient (Wildman–Crippen LogP) is 5.35. The summed E-state index contributed by atoms with van der Waals surface area (Å²) >= 11 is 6.93. The second kappa shape index (κ2) is 7.28. The maximum absolute atomic E-state index is 12.6. The fraction of sp³-hybridized carbons (Fsp3) is 0.300. The standard InChI is InChI=1S/C20H17Br2NO4/c1-2-26-20(25)17-11-5-3-4-6-15(11)27-16(17)9-13-12-7-10(21)8-14(22)18(12)23-19(13)24/h7-9H,2-6H2,1H3,(H,23,24). The molecule has 0 fully saturated rings. The molecule has 0 saturated heterocycles. The molecule has 4 rings (SSSR count). The molecule has 7 heteroatoms. The molecule has 1 aliphatic carbocycles. The highest BCUT2D eigenvalue weighted by Gasteiger charge is 2.31. The Morgan fingerprint density at radius 1 is 1.30 bits per heavy atom. The van der Waals surface area contributed by atoms with E-state index in [1.807, 2.05) is 12.1 Å². The Kier molecular flexibility index (Phi) is 4.99. The van der Waals surface area contributed by atoms with Gasteiger partial charge < -0.3 is 14.5 Å². The van der Waals surface area contributed by atoms with Gasteiger partial charge in [0.1, 0.15) is 17.1 Å². The topological polar surface area (TPSA) is 68.5 Å². The second-order valence-electron chi connectivity index (χ2n) is 6.49. The van der Waals surface area contributed by atoms with Gasteiger partial charge in [0.25, 0.3) is 5.91 Å². The number of anilines is 1. The lowest BCUT2D eigenvalue weighted by Crippen LogP contribution is -2.10. The van der Waals surface area contributed by atoms with Crippen molar-refractivity contribution in [1.82, 2.24) is 0 Å². The van der Waals surface area contributed by atoms with Gasteiger partial charge in [-0.3, -0.25) is 4.79 Å². The zero-order valence-electron chi connectivity index (χ0n) is 14.7. The molecule has 1 aromatic carbocycles. The number of halogens is 2. The van der Waals surface area contributed by atoms with Crippen molar-refractivity contribution >= 4 is 61.1 Å². The average molecular weight is 495 g/mol. The van der Waals surface area contributed by atoms with Crippen molar-refractivity contribution < 1.29 is 18.7 Å². The van der Waals surface area contributed by atoms with Gasteiger partial charge in [-0.2, -0.15) is 0 Å². The van der Waals surface area contributed by atoms with Gasteiger partial charge in [0.05, 0.1) is 17.9 Å². The van der Waals surface area contributed by atoms with Crippen molar-refractivity contribution in [3.63, 3.8) is 0 Å². The first-order chi connectivity index (χ1) is 13.0. The van der Waals surface area contributed by atoms with E-state index < -0.39 is 5.97 Å². The highest BCUT2D eigenvalue weighted by atomic mass is 79.9. The monoisotopic (exact) mass is 493 g/mol. The zero-order valence-corrected chi connectivity index (χ0v) is 17.8. The average Bonchev–Trinajstić information content (AvgIpc) is 3.14. The molecule has 2 heterocycles. The van der Waals surface area contributed by atoms with Gasteiger partial charge in [-0.15, -0.1) is 0 Å². The van der Waals surface area contributed by atoms with Crippen LogP contribution in [-0.4, -0.2) is 18.5 Å². The Balaban J connectivity index is 1.87. The Bertz CT molecular complexity index is 990. The maximum atomic E-state index is 12.6. The number of esters is 1. The minimum Gasteiger partial charge on any atom is -0.462 e. The van der Waals surface area contributed by atoms with Crippen LogP contribution in [0.2, 0.25) is 0 Å². The number of hydrogen-bond acceptors (Lipinski definition) is 4. The summed E-state index contributed by atoms with van der Waals surface area (Å²) in [5.74, 6) is 0.595. The molecule has 1 aliphatic heterocycles. The first kappa shape index (κ1) is 18.5. The molecule has 1 aromatic heterocycles. The highest BCUT2D eigenvalue weighted by Crippen LogP contribution is 2.41. The number of ether oxygens (including phenoxy) is 1. The van der Waals surface area contributed by atoms with Gasteiger partial charge in [0, 0.05) is 26.5 Å². The van der Waals surface area contributed by atoms with Crippen molar-refractivity contribution in [2.24, 2.45) is 0 Å². The third kappa shape index (κ3) is 3.27. The molecular formula is C20H17Br2NO4. The van der Waals surface area contributed by atoms with Crippen LogP contribution in [0.5, 0.6) is 0 Å². The fourth-order valence-electron chi connectivity index (χ4n) is 3.61. The molecule has 0 bridgehead atoms. The molecule has 0 atom stereocenters. The van der Waals surface area contributed by atoms with E-state index in [1.165, 1.54) is 0 Å². The lowest BCUT2D eigenvalue weighted by molar-refractivity contribution is -0.110. The number of fused-ring (bicyclic) bond motifs is 2. The number of carbonyl (C=O) groups is 2. The van der Waals surface area contributed by atoms with E-state index in [4.69, 9.17) is 9.15 Å². The number of hydrogen-bond donors (Lipinski definition) is 1. The van der Waals surface area contributed by atoms with Gasteiger partial charge in [-0.25, -0.2) is 4.79 Å². The second-order valence-corrected chi connectivity index (χ2v) is 8.26. The molecule has 2 aromatic rings. The van der Waals surface area contributed by atoms with Crippen LogP contribution in [0.25, 0.3) is 11.6 Å². The van der Waals surface area contributed by atoms with E-state index in [-0.39, 0.29) is 12.5 Å². The third-order valence-electron chi connectivity index (χ3n) is 4.78. The van der Waals surface area contributed by atoms with Crippen LogP contribution in [0.4, 0.5) is 5.69 Å². The summed E-state index contributed by atoms with van der Waals surface area (Å²) in [6, 6.07) is 3.74. The Morgan fingerprint density at radius 2 is 2.07 bits per heavy atom. The molecule has 0 saturated carbocycles. The van der Waals surface area contributed by atoms with Crippen LogP contribution < -0.4 is 5.32 Å². The molecule has 1 amide bonds. The zero-order chi connectivity index (χ0) is 19.1. The molecule has 0 unspecified atom stereocenters. The summed E-state index contributed by atoms with van der Waals surface area (Å²) in [5.41, 5.74) is 3.30. The summed E-state index contributed by atoms with van der Waals surface area (Å²) in [6.45, 7) is 2.07. The van der Waals surface area contributed by atoms with Crippen LogP contribution >= 0.6 is 31.9 Å². The fourth-order valence-corrected chi connectivity index (χ4v) is 4.93. The number of aryl methyl sites for hydroxylation is 1. The summed E-state index contributed by atoms with van der Waals surface area (Å²) in [5, 5.41) is 2.87. The minimum atomic E-state index is -0.398. The number of nitrogens with one attached hydrogen (secondary N) is 1. The Morgan fingerprint density at radius 3 is 2.85 bits per heavy atom. The van der Waals surface area contributed by atoms with E-state index in [0.717, 1.165) is 51.5 Å². The first-order valence-corrected chi connectivity index (χ1v) is 10.4. The van der Waals surface area contributed by atoms with E-state index >= 15 is 0 Å². The molecule has 140 valence electrons. The Labute approximate surface area is 173 Å². The molecule has 0 radical (unpaired) electrons. The lowest BCUT2D eigenvalue weighted by atomic mass is 9.94. The van der Waals surface area contributed by atoms with E-state index in [1.54, 1.807) is 13.0 Å². The van der Waals surface area contributed by atoms with Crippen molar-refractivity contribution in [2.75, 3.05) is 11.9 Å². The summed E-state index contributed by atoms with van der Waals surface area (Å²) in [6.07, 6.45) is 5.28. The minimum absolute atomic E-state index is 0.229. The van der Waals surface area contributed by atoms with Crippen LogP contribution in [0.1, 0.15) is 52.8 Å². The SMILES string of the molecule is CCOC(=O)c1c(C=C2C(=O)Nc3c(Br)cc(Br)cc32)oc2c1CCCC2. The van der Waals surface area contributed by atoms with Crippen molar-refractivity contribution in [3.05, 3.63) is 49.3 Å². The van der Waals surface area contributed by atoms with Crippen LogP contribution in [0.15, 0.2) is 25.5 Å². The van der Waals surface area contributed by atoms with Gasteiger partial charge in [0.15, 0.2) is 0 Å². The van der Waals surface area contributed by atoms with Gasteiger partial charge >= 0.3 is 5.97 Å². The van der Waals surface area contributed by atoms with Crippen molar-refractivity contribution in [3.8, 4) is 0 Å². The molecule has 2 aliphatic rings. The Hall–Kier alpha value is -1.86. The van der Waals surface area contributed by atoms with E-state index in [0.29, 0.717) is 22.6 Å². The molecule has 1 N–H and O–H groups in total. The maximum Gasteiger partial charge on any atom is 0.342 e. The van der Waals surface area contributed by atoms with Crippen LogP contribution in [-0.2, 0) is 22.4 Å². The van der Waals surface area contributed by atoms with Gasteiger partial charge in [-0.05, 0) is 60.3 Å². The van der Waals surface area contributed by atoms with Crippen molar-refractivity contribution in [1.29, 1.82) is 0 Å². The van der Waals surface area contributed by atoms with Crippen LogP contribution in [0.3, 0.4) is 0 Å². The number of furan rings is 1. The third-order valence-corrected chi connectivity index (χ3v) is 5.87. The number of amides is 1. The summed E-state index contributed by atoms with van der Waals surface area (Å²) in [7, 11) is 0. The normalized spacial score (nSPS) is 16.9. The molecule has 5 nitrogen and oxygen atoms in total. The summed E-state index contributed by atoms with van der Waals surface area (Å²) in [4.78, 5) is 25.2. The number of carbonyl (C=O) groups excluding carboxylic acids is 2. The number of benzene rings is 1. The quantitative estimate of drug-likeness (QED) is 0.461. The van der Waals surface area contributed by atoms with Gasteiger partial charge in [-0.1, -0.05) is 15.9 Å². The number of rotatable bonds is 3. The van der Waals surface area contributed by atoms with E-state index in [9.17, 15) is 9.59 Å². The van der Waals surface area contributed by atoms with E-state index in [2.05, 4.69) is 37.2 Å². The van der Waals surface area contributed by atoms with Crippen molar-refractivity contribution in [2.45, 2.75) is 32.6 Å². The lowest BCUT2D eigenvalue weighted by Gasteiger charge is -2.10. The molecule has 27 heavy (non-hydrogen) atoms. The summed E-state index contributed by atoms with van der Waals surface area (Å²) < 4.78 is 12.9.